The number of fused-ring (bicyclic) bond motifs is 1. The average molecular weight is 1010 g/mol. The number of rotatable bonds is 27. The first-order valence-corrected chi connectivity index (χ1v) is 23.4. The van der Waals surface area contributed by atoms with Crippen LogP contribution in [0.4, 0.5) is 0 Å². The van der Waals surface area contributed by atoms with E-state index >= 15 is 0 Å². The van der Waals surface area contributed by atoms with Crippen molar-refractivity contribution < 1.29 is 43.9 Å². The summed E-state index contributed by atoms with van der Waals surface area (Å²) >= 11 is 13.7. The fourth-order valence-electron chi connectivity index (χ4n) is 7.69. The molecule has 0 saturated carbocycles. The van der Waals surface area contributed by atoms with Crippen molar-refractivity contribution >= 4 is 53.4 Å². The number of nitrogens with one attached hydrogen (secondary N) is 4. The Hall–Kier alpha value is -7.12. The maximum absolute atomic E-state index is 11.8. The normalized spacial score (nSPS) is 12.3. The van der Waals surface area contributed by atoms with Gasteiger partial charge in [0.25, 0.3) is 0 Å². The predicted octanol–water partition coefficient (Wildman–Crippen LogP) is 7.99. The van der Waals surface area contributed by atoms with Gasteiger partial charge in [0, 0.05) is 68.2 Å². The summed E-state index contributed by atoms with van der Waals surface area (Å²) in [5.74, 6) is 1.08. The topological polar surface area (TPSA) is 239 Å². The summed E-state index contributed by atoms with van der Waals surface area (Å²) in [6, 6.07) is 20.9. The van der Waals surface area contributed by atoms with Gasteiger partial charge in [-0.1, -0.05) is 59.6 Å². The van der Waals surface area contributed by atoms with Crippen LogP contribution in [0.25, 0.3) is 22.9 Å². The number of aldehydes is 1. The lowest BCUT2D eigenvalue weighted by Crippen LogP contribution is -2.37. The SMILES string of the molecule is Cc1c(COc2cc(OCc3cn4ncccc4n3)c(CNC(C=O)CCO)cc2Cl)cccc1-c1cccc(COc2cc(OCc3c[nH]c(/C=C\C=N)n3)c(CNC(CCO)C(=O)O)cc2Cl)c1C. The number of aliphatic hydroxyl groups excluding tert-OH is 2. The van der Waals surface area contributed by atoms with E-state index in [1.807, 2.05) is 44.2 Å². The van der Waals surface area contributed by atoms with Crippen molar-refractivity contribution in [2.45, 2.75) is 78.3 Å². The van der Waals surface area contributed by atoms with E-state index in [2.05, 4.69) is 42.8 Å². The fourth-order valence-corrected chi connectivity index (χ4v) is 8.18. The summed E-state index contributed by atoms with van der Waals surface area (Å²) in [6.07, 6.45) is 10.5. The van der Waals surface area contributed by atoms with Crippen LogP contribution in [-0.4, -0.2) is 83.7 Å². The first-order chi connectivity index (χ1) is 34.5. The summed E-state index contributed by atoms with van der Waals surface area (Å²) in [5, 5.41) is 46.8. The molecule has 2 atom stereocenters. The molecule has 0 amide bonds. The lowest BCUT2D eigenvalue weighted by Gasteiger charge is -2.19. The number of allylic oxidation sites excluding steroid dienone is 1. The number of carbonyl (C=O) groups excluding carboxylic acids is 1. The van der Waals surface area contributed by atoms with Gasteiger partial charge in [0.05, 0.1) is 33.7 Å². The monoisotopic (exact) mass is 1000 g/mol. The number of benzene rings is 4. The van der Waals surface area contributed by atoms with E-state index in [0.29, 0.717) is 67.0 Å². The Kier molecular flexibility index (Phi) is 18.3. The van der Waals surface area contributed by atoms with Gasteiger partial charge in [-0.3, -0.25) is 4.79 Å². The highest BCUT2D eigenvalue weighted by Crippen LogP contribution is 2.37. The van der Waals surface area contributed by atoms with Gasteiger partial charge in [-0.05, 0) is 96.5 Å². The maximum Gasteiger partial charge on any atom is 0.320 e. The summed E-state index contributed by atoms with van der Waals surface area (Å²) in [7, 11) is 0. The van der Waals surface area contributed by atoms with Crippen LogP contribution in [0.1, 0.15) is 63.4 Å². The first kappa shape index (κ1) is 51.7. The van der Waals surface area contributed by atoms with Crippen molar-refractivity contribution in [1.29, 1.82) is 5.41 Å². The van der Waals surface area contributed by atoms with Gasteiger partial charge in [-0.25, -0.2) is 14.5 Å². The van der Waals surface area contributed by atoms with Crippen LogP contribution in [0.5, 0.6) is 23.0 Å². The number of hydrogen-bond acceptors (Lipinski definition) is 14. The number of aromatic amines is 1. The Bertz CT molecular complexity index is 2960. The number of halogens is 2. The smallest absolute Gasteiger partial charge is 0.320 e. The van der Waals surface area contributed by atoms with Crippen LogP contribution >= 0.6 is 23.2 Å². The molecule has 7 rings (SSSR count). The molecule has 0 fully saturated rings. The van der Waals surface area contributed by atoms with E-state index < -0.39 is 18.1 Å². The molecule has 17 nitrogen and oxygen atoms in total. The van der Waals surface area contributed by atoms with Crippen LogP contribution in [0, 0.1) is 19.3 Å². The number of aromatic nitrogens is 5. The molecule has 7 aromatic rings. The number of hydrogen-bond donors (Lipinski definition) is 7. The Labute approximate surface area is 419 Å². The third-order valence-electron chi connectivity index (χ3n) is 11.6. The Balaban J connectivity index is 1.08. The number of carboxylic acid groups (broad SMARTS) is 1. The second kappa shape index (κ2) is 25.1. The molecule has 370 valence electrons. The van der Waals surface area contributed by atoms with Crippen LogP contribution < -0.4 is 29.6 Å². The maximum atomic E-state index is 11.8. The van der Waals surface area contributed by atoms with Crippen molar-refractivity contribution in [3.8, 4) is 34.1 Å². The second-order valence-electron chi connectivity index (χ2n) is 16.4. The molecule has 0 radical (unpaired) electrons. The van der Waals surface area contributed by atoms with Gasteiger partial charge in [0.1, 0.15) is 67.6 Å². The van der Waals surface area contributed by atoms with E-state index in [1.54, 1.807) is 65.6 Å². The zero-order chi connectivity index (χ0) is 50.3. The number of carbonyl (C=O) groups is 2. The zero-order valence-electron chi connectivity index (χ0n) is 39.0. The van der Waals surface area contributed by atoms with Gasteiger partial charge >= 0.3 is 5.97 Å². The van der Waals surface area contributed by atoms with Crippen LogP contribution in [-0.2, 0) is 49.1 Å². The number of nitrogens with zero attached hydrogens (tertiary/aromatic N) is 4. The van der Waals surface area contributed by atoms with Crippen LogP contribution in [0.3, 0.4) is 0 Å². The minimum absolute atomic E-state index is 0.0133. The van der Waals surface area contributed by atoms with Gasteiger partial charge in [0.15, 0.2) is 5.65 Å². The molecule has 0 bridgehead atoms. The lowest BCUT2D eigenvalue weighted by atomic mass is 9.92. The molecule has 3 heterocycles. The number of H-pyrrole nitrogens is 1. The Morgan fingerprint density at radius 3 is 1.92 bits per heavy atom. The standard InChI is InChI=1S/C52H54Cl2N8O9/c1-32-34(28-68-48-21-46(36(19-43(48)53)23-56-38(27-65)13-17-63)71-31-40-26-62-51(61-40)12-6-16-59-62)7-3-9-41(32)42-10-4-8-35(33(42)2)29-69-49-22-47(70-30-39-25-58-50(60-39)11-5-15-55)37(20-44(49)54)24-57-45(14-18-64)52(66)67/h3-12,15-16,19-22,25-27,38,45,55-57,63-64H,13-14,17-18,23-24,28-31H2,1-2H3,(H,58,60)(H,66,67)/b11-5-,55-15?. The second-order valence-corrected chi connectivity index (χ2v) is 17.2. The highest BCUT2D eigenvalue weighted by atomic mass is 35.5. The van der Waals surface area contributed by atoms with Gasteiger partial charge in [-0.2, -0.15) is 5.10 Å². The molecule has 71 heavy (non-hydrogen) atoms. The largest absolute Gasteiger partial charge is 0.487 e. The number of aliphatic hydroxyl groups is 2. The van der Waals surface area contributed by atoms with Crippen LogP contribution in [0.2, 0.25) is 10.0 Å². The molecule has 19 heteroatoms. The number of imidazole rings is 2. The molecule has 0 spiro atoms. The molecule has 0 aliphatic heterocycles. The Morgan fingerprint density at radius 1 is 0.761 bits per heavy atom. The molecule has 3 aromatic heterocycles. The number of ether oxygens (including phenoxy) is 4. The van der Waals surface area contributed by atoms with E-state index in [1.165, 1.54) is 0 Å². The van der Waals surface area contributed by atoms with E-state index in [9.17, 15) is 24.9 Å². The fraction of sp³-hybridized carbons (Fsp3) is 0.269. The summed E-state index contributed by atoms with van der Waals surface area (Å²) < 4.78 is 27.0. The highest BCUT2D eigenvalue weighted by Gasteiger charge is 2.21. The first-order valence-electron chi connectivity index (χ1n) is 22.7. The molecule has 4 aromatic carbocycles. The van der Waals surface area contributed by atoms with E-state index in [-0.39, 0.29) is 65.6 Å². The third kappa shape index (κ3) is 13.6. The number of aliphatic carboxylic acids is 1. The summed E-state index contributed by atoms with van der Waals surface area (Å²) in [4.78, 5) is 35.6. The van der Waals surface area contributed by atoms with Crippen molar-refractivity contribution in [2.24, 2.45) is 0 Å². The Morgan fingerprint density at radius 2 is 1.35 bits per heavy atom. The lowest BCUT2D eigenvalue weighted by molar-refractivity contribution is -0.140. The summed E-state index contributed by atoms with van der Waals surface area (Å²) in [5.41, 5.74) is 9.01. The van der Waals surface area contributed by atoms with Crippen molar-refractivity contribution in [1.82, 2.24) is 35.2 Å². The van der Waals surface area contributed by atoms with E-state index in [4.69, 9.17) is 47.6 Å². The molecular weight excluding hydrogens is 952 g/mol. The van der Waals surface area contributed by atoms with Crippen molar-refractivity contribution in [3.63, 3.8) is 0 Å². The minimum atomic E-state index is -1.10. The van der Waals surface area contributed by atoms with Gasteiger partial charge < -0.3 is 60.1 Å². The average Bonchev–Trinajstić information content (AvgIpc) is 4.02. The highest BCUT2D eigenvalue weighted by molar-refractivity contribution is 6.32. The van der Waals surface area contributed by atoms with Gasteiger partial charge in [-0.15, -0.1) is 0 Å². The molecule has 0 aliphatic carbocycles. The molecule has 0 saturated heterocycles. The quantitative estimate of drug-likeness (QED) is 0.0191. The predicted molar refractivity (Wildman–Crippen MR) is 269 cm³/mol. The summed E-state index contributed by atoms with van der Waals surface area (Å²) in [6.45, 7) is 4.50. The van der Waals surface area contributed by atoms with Crippen molar-refractivity contribution in [3.05, 3.63) is 158 Å². The molecule has 0 aliphatic rings. The molecular formula is C52H54Cl2N8O9. The molecule has 7 N–H and O–H groups in total. The zero-order valence-corrected chi connectivity index (χ0v) is 40.5. The minimum Gasteiger partial charge on any atom is -0.487 e. The van der Waals surface area contributed by atoms with Crippen LogP contribution in [0.15, 0.2) is 97.5 Å². The van der Waals surface area contributed by atoms with E-state index in [0.717, 1.165) is 45.9 Å². The van der Waals surface area contributed by atoms with Crippen molar-refractivity contribution in [2.75, 3.05) is 13.2 Å². The number of carboxylic acids is 1. The third-order valence-corrected chi connectivity index (χ3v) is 12.2. The van der Waals surface area contributed by atoms with Gasteiger partial charge in [0.2, 0.25) is 0 Å². The molecule has 2 unspecified atom stereocenters.